The largest absolute Gasteiger partial charge is 0.344 e. The molecular formula is C23H22N4O3. The van der Waals surface area contributed by atoms with Crippen molar-refractivity contribution in [1.82, 2.24) is 9.13 Å². The lowest BCUT2D eigenvalue weighted by molar-refractivity contribution is -0.113. The number of rotatable bonds is 3. The molecule has 1 aliphatic heterocycles. The number of amides is 1. The summed E-state index contributed by atoms with van der Waals surface area (Å²) < 4.78 is 2.48. The number of hydrogen-bond acceptors (Lipinski definition) is 4. The summed E-state index contributed by atoms with van der Waals surface area (Å²) in [4.78, 5) is 39.0. The van der Waals surface area contributed by atoms with Gasteiger partial charge in [0.1, 0.15) is 5.82 Å². The van der Waals surface area contributed by atoms with Crippen molar-refractivity contribution in [2.75, 3.05) is 10.6 Å². The van der Waals surface area contributed by atoms with Crippen LogP contribution in [0.25, 0.3) is 0 Å². The minimum atomic E-state index is -0.614. The highest BCUT2D eigenvalue weighted by Gasteiger charge is 2.36. The van der Waals surface area contributed by atoms with Crippen molar-refractivity contribution in [2.24, 2.45) is 14.1 Å². The van der Waals surface area contributed by atoms with Crippen LogP contribution in [0.15, 0.2) is 81.5 Å². The highest BCUT2D eigenvalue weighted by Crippen LogP contribution is 2.39. The third-order valence-electron chi connectivity index (χ3n) is 5.40. The quantitative estimate of drug-likeness (QED) is 0.705. The fourth-order valence-corrected chi connectivity index (χ4v) is 3.89. The summed E-state index contributed by atoms with van der Waals surface area (Å²) in [7, 11) is 3.06. The average molecular weight is 402 g/mol. The summed E-state index contributed by atoms with van der Waals surface area (Å²) in [5, 5.41) is 6.04. The maximum Gasteiger partial charge on any atom is 0.332 e. The molecule has 30 heavy (non-hydrogen) atoms. The van der Waals surface area contributed by atoms with Gasteiger partial charge in [0.2, 0.25) is 0 Å². The molecule has 0 spiro atoms. The van der Waals surface area contributed by atoms with Crippen molar-refractivity contribution < 1.29 is 4.79 Å². The topological polar surface area (TPSA) is 85.1 Å². The van der Waals surface area contributed by atoms with Gasteiger partial charge in [-0.3, -0.25) is 18.7 Å². The van der Waals surface area contributed by atoms with Gasteiger partial charge in [0.25, 0.3) is 11.5 Å². The number of nitrogens with zero attached hydrogens (tertiary/aromatic N) is 2. The Bertz CT molecular complexity index is 1270. The zero-order chi connectivity index (χ0) is 21.4. The zero-order valence-electron chi connectivity index (χ0n) is 17.0. The number of benzene rings is 2. The lowest BCUT2D eigenvalue weighted by Crippen LogP contribution is -2.43. The molecular weight excluding hydrogens is 380 g/mol. The Labute approximate surface area is 173 Å². The number of aromatic nitrogens is 2. The highest BCUT2D eigenvalue weighted by atomic mass is 16.2. The number of para-hydroxylation sites is 1. The maximum atomic E-state index is 13.3. The van der Waals surface area contributed by atoms with Gasteiger partial charge in [-0.05, 0) is 24.6 Å². The molecule has 1 amide bonds. The standard InChI is InChI=1S/C23H22N4O3/c1-14-17(21(28)25-16-12-8-5-9-13-16)18(15-10-6-4-7-11-15)19-20(24-14)26(2)23(30)27(3)22(19)29/h4-13,18,24H,1-3H3,(H,25,28). The van der Waals surface area contributed by atoms with Crippen LogP contribution in [0.5, 0.6) is 0 Å². The lowest BCUT2D eigenvalue weighted by Gasteiger charge is -2.31. The second-order valence-corrected chi connectivity index (χ2v) is 7.30. The summed E-state index contributed by atoms with van der Waals surface area (Å²) in [6, 6.07) is 18.5. The van der Waals surface area contributed by atoms with Crippen LogP contribution in [0.3, 0.4) is 0 Å². The van der Waals surface area contributed by atoms with Crippen LogP contribution in [0.1, 0.15) is 24.0 Å². The predicted octanol–water partition coefficient (Wildman–Crippen LogP) is 2.55. The van der Waals surface area contributed by atoms with Crippen LogP contribution >= 0.6 is 0 Å². The molecule has 0 saturated carbocycles. The van der Waals surface area contributed by atoms with E-state index in [1.165, 1.54) is 11.6 Å². The summed E-state index contributed by atoms with van der Waals surface area (Å²) >= 11 is 0. The van der Waals surface area contributed by atoms with Gasteiger partial charge in [0, 0.05) is 31.1 Å². The number of fused-ring (bicyclic) bond motifs is 1. The lowest BCUT2D eigenvalue weighted by atomic mass is 9.81. The Morgan fingerprint density at radius 1 is 0.933 bits per heavy atom. The Morgan fingerprint density at radius 2 is 1.53 bits per heavy atom. The smallest absolute Gasteiger partial charge is 0.332 e. The first-order valence-electron chi connectivity index (χ1n) is 9.59. The molecule has 2 aromatic carbocycles. The van der Waals surface area contributed by atoms with Gasteiger partial charge in [-0.25, -0.2) is 4.79 Å². The van der Waals surface area contributed by atoms with Crippen molar-refractivity contribution in [1.29, 1.82) is 0 Å². The second kappa shape index (κ2) is 7.51. The van der Waals surface area contributed by atoms with Crippen molar-refractivity contribution in [3.05, 3.63) is 104 Å². The van der Waals surface area contributed by atoms with Gasteiger partial charge < -0.3 is 10.6 Å². The van der Waals surface area contributed by atoms with E-state index in [-0.39, 0.29) is 5.91 Å². The second-order valence-electron chi connectivity index (χ2n) is 7.30. The summed E-state index contributed by atoms with van der Waals surface area (Å²) in [6.07, 6.45) is 0. The van der Waals surface area contributed by atoms with E-state index >= 15 is 0 Å². The third-order valence-corrected chi connectivity index (χ3v) is 5.40. The number of carbonyl (C=O) groups excluding carboxylic acids is 1. The highest BCUT2D eigenvalue weighted by molar-refractivity contribution is 6.07. The van der Waals surface area contributed by atoms with E-state index in [9.17, 15) is 14.4 Å². The zero-order valence-corrected chi connectivity index (χ0v) is 17.0. The fraction of sp³-hybridized carbons (Fsp3) is 0.174. The molecule has 2 N–H and O–H groups in total. The van der Waals surface area contributed by atoms with Crippen molar-refractivity contribution in [3.63, 3.8) is 0 Å². The van der Waals surface area contributed by atoms with Gasteiger partial charge in [-0.15, -0.1) is 0 Å². The predicted molar refractivity (Wildman–Crippen MR) is 117 cm³/mol. The van der Waals surface area contributed by atoms with Crippen molar-refractivity contribution in [3.8, 4) is 0 Å². The molecule has 0 bridgehead atoms. The first-order valence-corrected chi connectivity index (χ1v) is 9.59. The van der Waals surface area contributed by atoms with E-state index in [0.717, 1.165) is 10.1 Å². The number of hydrogen-bond donors (Lipinski definition) is 2. The number of nitrogens with one attached hydrogen (secondary N) is 2. The summed E-state index contributed by atoms with van der Waals surface area (Å²) in [5.74, 6) is -0.510. The molecule has 1 aliphatic rings. The minimum absolute atomic E-state index is 0.304. The van der Waals surface area contributed by atoms with E-state index in [2.05, 4.69) is 10.6 Å². The number of allylic oxidation sites excluding steroid dienone is 1. The van der Waals surface area contributed by atoms with E-state index in [4.69, 9.17) is 0 Å². The number of anilines is 2. The van der Waals surface area contributed by atoms with E-state index in [1.807, 2.05) is 48.5 Å². The van der Waals surface area contributed by atoms with E-state index in [0.29, 0.717) is 28.3 Å². The van der Waals surface area contributed by atoms with Crippen molar-refractivity contribution in [2.45, 2.75) is 12.8 Å². The molecule has 0 radical (unpaired) electrons. The monoisotopic (exact) mass is 402 g/mol. The summed E-state index contributed by atoms with van der Waals surface area (Å²) in [6.45, 7) is 1.78. The molecule has 3 aromatic rings. The van der Waals surface area contributed by atoms with Gasteiger partial charge in [0.05, 0.1) is 11.5 Å². The van der Waals surface area contributed by atoms with Crippen LogP contribution in [-0.2, 0) is 18.9 Å². The van der Waals surface area contributed by atoms with E-state index in [1.54, 1.807) is 26.1 Å². The third kappa shape index (κ3) is 3.14. The van der Waals surface area contributed by atoms with Crippen LogP contribution in [0.4, 0.5) is 11.5 Å². The van der Waals surface area contributed by atoms with Crippen LogP contribution in [-0.4, -0.2) is 15.0 Å². The molecule has 1 aromatic heterocycles. The molecule has 7 heteroatoms. The molecule has 0 aliphatic carbocycles. The Balaban J connectivity index is 1.94. The maximum absolute atomic E-state index is 13.3. The SMILES string of the molecule is CC1=C(C(=O)Nc2ccccc2)C(c2ccccc2)c2c(n(C)c(=O)n(C)c2=O)N1. The molecule has 4 rings (SSSR count). The molecule has 0 fully saturated rings. The average Bonchev–Trinajstić information content (AvgIpc) is 2.76. The minimum Gasteiger partial charge on any atom is -0.344 e. The van der Waals surface area contributed by atoms with Crippen LogP contribution < -0.4 is 21.9 Å². The van der Waals surface area contributed by atoms with Crippen LogP contribution in [0.2, 0.25) is 0 Å². The normalized spacial score (nSPS) is 15.4. The first-order chi connectivity index (χ1) is 14.4. The van der Waals surface area contributed by atoms with Gasteiger partial charge in [-0.1, -0.05) is 48.5 Å². The Kier molecular flexibility index (Phi) is 4.87. The molecule has 2 heterocycles. The molecule has 1 unspecified atom stereocenters. The van der Waals surface area contributed by atoms with Crippen LogP contribution in [0, 0.1) is 0 Å². The van der Waals surface area contributed by atoms with Crippen molar-refractivity contribution >= 4 is 17.4 Å². The van der Waals surface area contributed by atoms with Gasteiger partial charge >= 0.3 is 5.69 Å². The Hall–Kier alpha value is -3.87. The first kappa shape index (κ1) is 19.4. The molecule has 0 saturated heterocycles. The molecule has 152 valence electrons. The fourth-order valence-electron chi connectivity index (χ4n) is 3.89. The summed E-state index contributed by atoms with van der Waals surface area (Å²) in [5.41, 5.74) is 2.01. The van der Waals surface area contributed by atoms with Gasteiger partial charge in [-0.2, -0.15) is 0 Å². The molecule has 7 nitrogen and oxygen atoms in total. The molecule has 1 atom stereocenters. The van der Waals surface area contributed by atoms with Gasteiger partial charge in [0.15, 0.2) is 0 Å². The number of carbonyl (C=O) groups is 1. The van der Waals surface area contributed by atoms with E-state index < -0.39 is 17.2 Å². The Morgan fingerprint density at radius 3 is 2.17 bits per heavy atom.